The van der Waals surface area contributed by atoms with Gasteiger partial charge in [0.25, 0.3) is 5.91 Å². The van der Waals surface area contributed by atoms with Crippen molar-refractivity contribution >= 4 is 16.8 Å². The number of methoxy groups -OCH3 is 2. The number of fused-ring (bicyclic) bond motifs is 1. The lowest BCUT2D eigenvalue weighted by molar-refractivity contribution is 0.0711. The third-order valence-electron chi connectivity index (χ3n) is 5.82. The van der Waals surface area contributed by atoms with E-state index in [-0.39, 0.29) is 5.91 Å². The smallest absolute Gasteiger partial charge is 0.253 e. The second-order valence-corrected chi connectivity index (χ2v) is 7.32. The van der Waals surface area contributed by atoms with Gasteiger partial charge >= 0.3 is 0 Å². The quantitative estimate of drug-likeness (QED) is 0.683. The van der Waals surface area contributed by atoms with Crippen LogP contribution in [0.15, 0.2) is 48.5 Å². The van der Waals surface area contributed by atoms with E-state index in [9.17, 15) is 4.79 Å². The molecule has 0 saturated carbocycles. The zero-order valence-corrected chi connectivity index (χ0v) is 16.6. The van der Waals surface area contributed by atoms with Crippen molar-refractivity contribution in [1.82, 2.24) is 9.47 Å². The average molecular weight is 378 g/mol. The molecular formula is C23H26N2O3. The lowest BCUT2D eigenvalue weighted by atomic mass is 9.93. The Balaban J connectivity index is 1.48. The van der Waals surface area contributed by atoms with Gasteiger partial charge in [-0.1, -0.05) is 18.2 Å². The molecule has 1 aromatic heterocycles. The fourth-order valence-electron chi connectivity index (χ4n) is 4.23. The van der Waals surface area contributed by atoms with Gasteiger partial charge in [-0.05, 0) is 48.6 Å². The number of aryl methyl sites for hydroxylation is 1. The highest BCUT2D eigenvalue weighted by Gasteiger charge is 2.27. The minimum absolute atomic E-state index is 0.0523. The highest BCUT2D eigenvalue weighted by atomic mass is 16.5. The normalized spacial score (nSPS) is 15.0. The van der Waals surface area contributed by atoms with Crippen molar-refractivity contribution in [2.24, 2.45) is 7.05 Å². The Morgan fingerprint density at radius 3 is 2.36 bits per heavy atom. The average Bonchev–Trinajstić information content (AvgIpc) is 3.09. The van der Waals surface area contributed by atoms with E-state index in [4.69, 9.17) is 9.47 Å². The van der Waals surface area contributed by atoms with Crippen LogP contribution in [-0.2, 0) is 7.05 Å². The molecule has 0 spiro atoms. The van der Waals surface area contributed by atoms with Crippen molar-refractivity contribution in [3.8, 4) is 11.5 Å². The minimum Gasteiger partial charge on any atom is -0.493 e. The number of hydrogen-bond donors (Lipinski definition) is 0. The van der Waals surface area contributed by atoms with Gasteiger partial charge in [0.05, 0.1) is 14.2 Å². The Kier molecular flexibility index (Phi) is 4.99. The van der Waals surface area contributed by atoms with E-state index < -0.39 is 0 Å². The van der Waals surface area contributed by atoms with Gasteiger partial charge in [0.1, 0.15) is 0 Å². The fourth-order valence-corrected chi connectivity index (χ4v) is 4.23. The molecule has 28 heavy (non-hydrogen) atoms. The number of benzene rings is 2. The van der Waals surface area contributed by atoms with E-state index in [0.717, 1.165) is 25.9 Å². The number of carbonyl (C=O) groups is 1. The molecule has 1 aliphatic rings. The summed E-state index contributed by atoms with van der Waals surface area (Å²) in [4.78, 5) is 14.9. The maximum atomic E-state index is 12.9. The zero-order chi connectivity index (χ0) is 19.7. The molecule has 0 bridgehead atoms. The number of carbonyl (C=O) groups excluding carboxylic acids is 1. The maximum absolute atomic E-state index is 12.9. The molecule has 1 aliphatic heterocycles. The molecule has 5 nitrogen and oxygen atoms in total. The molecule has 2 heterocycles. The van der Waals surface area contributed by atoms with Crippen LogP contribution in [0.25, 0.3) is 10.9 Å². The molecule has 2 aromatic carbocycles. The number of rotatable bonds is 4. The molecule has 0 radical (unpaired) electrons. The molecule has 1 amide bonds. The van der Waals surface area contributed by atoms with E-state index in [2.05, 4.69) is 41.9 Å². The first-order chi connectivity index (χ1) is 13.6. The number of amides is 1. The van der Waals surface area contributed by atoms with Gasteiger partial charge in [0.15, 0.2) is 11.5 Å². The first kappa shape index (κ1) is 18.4. The number of aromatic nitrogens is 1. The van der Waals surface area contributed by atoms with Crippen LogP contribution in [0.3, 0.4) is 0 Å². The third-order valence-corrected chi connectivity index (χ3v) is 5.82. The largest absolute Gasteiger partial charge is 0.493 e. The molecule has 0 atom stereocenters. The Morgan fingerprint density at radius 1 is 0.964 bits per heavy atom. The highest BCUT2D eigenvalue weighted by molar-refractivity contribution is 5.95. The van der Waals surface area contributed by atoms with Crippen molar-refractivity contribution in [3.05, 3.63) is 59.8 Å². The van der Waals surface area contributed by atoms with Crippen LogP contribution in [0.2, 0.25) is 0 Å². The summed E-state index contributed by atoms with van der Waals surface area (Å²) in [6, 6.07) is 16.1. The number of hydrogen-bond acceptors (Lipinski definition) is 3. The van der Waals surface area contributed by atoms with Crippen LogP contribution in [0, 0.1) is 0 Å². The van der Waals surface area contributed by atoms with Crippen LogP contribution in [0.1, 0.15) is 34.8 Å². The molecule has 0 unspecified atom stereocenters. The summed E-state index contributed by atoms with van der Waals surface area (Å²) >= 11 is 0. The van der Waals surface area contributed by atoms with Crippen LogP contribution >= 0.6 is 0 Å². The molecule has 1 saturated heterocycles. The fraction of sp³-hybridized carbons (Fsp3) is 0.348. The first-order valence-electron chi connectivity index (χ1n) is 9.68. The van der Waals surface area contributed by atoms with Gasteiger partial charge in [-0.3, -0.25) is 4.79 Å². The number of nitrogens with zero attached hydrogens (tertiary/aromatic N) is 2. The number of ether oxygens (including phenoxy) is 2. The Bertz CT molecular complexity index is 1000. The lowest BCUT2D eigenvalue weighted by Gasteiger charge is -2.32. The van der Waals surface area contributed by atoms with Crippen LogP contribution in [0.5, 0.6) is 11.5 Å². The Hall–Kier alpha value is -2.95. The van der Waals surface area contributed by atoms with Crippen molar-refractivity contribution in [3.63, 3.8) is 0 Å². The summed E-state index contributed by atoms with van der Waals surface area (Å²) in [5.74, 6) is 1.75. The van der Waals surface area contributed by atoms with Crippen molar-refractivity contribution in [2.75, 3.05) is 27.3 Å². The van der Waals surface area contributed by atoms with E-state index >= 15 is 0 Å². The first-order valence-corrected chi connectivity index (χ1v) is 9.68. The standard InChI is InChI=1S/C23H26N2O3/c1-24-19-7-5-4-6-17(19)14-20(24)16-10-12-25(13-11-16)23(26)18-8-9-21(27-2)22(15-18)28-3/h4-9,14-16H,10-13H2,1-3H3. The number of para-hydroxylation sites is 1. The van der Waals surface area contributed by atoms with Gasteiger partial charge in [0.2, 0.25) is 0 Å². The van der Waals surface area contributed by atoms with Crippen molar-refractivity contribution < 1.29 is 14.3 Å². The summed E-state index contributed by atoms with van der Waals surface area (Å²) in [6.45, 7) is 1.53. The summed E-state index contributed by atoms with van der Waals surface area (Å²) in [7, 11) is 5.32. The second-order valence-electron chi connectivity index (χ2n) is 7.32. The topological polar surface area (TPSA) is 43.7 Å². The SMILES string of the molecule is COc1ccc(C(=O)N2CCC(c3cc4ccccc4n3C)CC2)cc1OC. The molecule has 146 valence electrons. The Labute approximate surface area is 165 Å². The molecule has 4 rings (SSSR count). The summed E-state index contributed by atoms with van der Waals surface area (Å²) in [6.07, 6.45) is 1.95. The summed E-state index contributed by atoms with van der Waals surface area (Å²) in [5, 5.41) is 1.28. The monoisotopic (exact) mass is 378 g/mol. The van der Waals surface area contributed by atoms with Crippen LogP contribution in [0.4, 0.5) is 0 Å². The van der Waals surface area contributed by atoms with Crippen LogP contribution in [-0.4, -0.2) is 42.7 Å². The Morgan fingerprint density at radius 2 is 1.68 bits per heavy atom. The number of likely N-dealkylation sites (tertiary alicyclic amines) is 1. The van der Waals surface area contributed by atoms with Crippen molar-refractivity contribution in [1.29, 1.82) is 0 Å². The maximum Gasteiger partial charge on any atom is 0.253 e. The predicted octanol–water partition coefficient (Wildman–Crippen LogP) is 4.22. The zero-order valence-electron chi connectivity index (χ0n) is 16.6. The van der Waals surface area contributed by atoms with E-state index in [1.165, 1.54) is 16.6 Å². The molecular weight excluding hydrogens is 352 g/mol. The molecule has 5 heteroatoms. The number of piperidine rings is 1. The van der Waals surface area contributed by atoms with Gasteiger partial charge in [-0.2, -0.15) is 0 Å². The summed E-state index contributed by atoms with van der Waals surface area (Å²) in [5.41, 5.74) is 3.27. The van der Waals surface area contributed by atoms with Gasteiger partial charge in [0, 0.05) is 42.8 Å². The summed E-state index contributed by atoms with van der Waals surface area (Å²) < 4.78 is 12.9. The highest BCUT2D eigenvalue weighted by Crippen LogP contribution is 2.33. The molecule has 0 aliphatic carbocycles. The predicted molar refractivity (Wildman–Crippen MR) is 110 cm³/mol. The molecule has 0 N–H and O–H groups in total. The minimum atomic E-state index is 0.0523. The molecule has 1 fully saturated rings. The lowest BCUT2D eigenvalue weighted by Crippen LogP contribution is -2.38. The van der Waals surface area contributed by atoms with Crippen LogP contribution < -0.4 is 9.47 Å². The third kappa shape index (κ3) is 3.21. The van der Waals surface area contributed by atoms with E-state index in [0.29, 0.717) is 23.0 Å². The molecule has 3 aromatic rings. The second kappa shape index (κ2) is 7.58. The van der Waals surface area contributed by atoms with Gasteiger partial charge in [-0.15, -0.1) is 0 Å². The van der Waals surface area contributed by atoms with E-state index in [1.807, 2.05) is 4.90 Å². The van der Waals surface area contributed by atoms with Gasteiger partial charge < -0.3 is 18.9 Å². The van der Waals surface area contributed by atoms with E-state index in [1.54, 1.807) is 32.4 Å². The van der Waals surface area contributed by atoms with Gasteiger partial charge in [-0.25, -0.2) is 0 Å². The van der Waals surface area contributed by atoms with Crippen molar-refractivity contribution in [2.45, 2.75) is 18.8 Å².